The van der Waals surface area contributed by atoms with E-state index >= 15 is 0 Å². The molecule has 0 radical (unpaired) electrons. The summed E-state index contributed by atoms with van der Waals surface area (Å²) in [5.74, 6) is -3.00. The molecule has 0 fully saturated rings. The lowest BCUT2D eigenvalue weighted by Crippen LogP contribution is -2.33. The molecular weight excluding hydrogens is 448 g/mol. The van der Waals surface area contributed by atoms with Crippen LogP contribution in [0.3, 0.4) is 0 Å². The van der Waals surface area contributed by atoms with Crippen LogP contribution in [0.25, 0.3) is 11.5 Å². The van der Waals surface area contributed by atoms with E-state index in [-0.39, 0.29) is 23.7 Å². The third-order valence-corrected chi connectivity index (χ3v) is 4.36. The number of H-pyrrole nitrogens is 1. The molecule has 0 unspecified atom stereocenters. The van der Waals surface area contributed by atoms with Gasteiger partial charge in [0.25, 0.3) is 11.5 Å². The Labute approximate surface area is 184 Å². The van der Waals surface area contributed by atoms with Gasteiger partial charge in [-0.25, -0.2) is 9.37 Å². The Morgan fingerprint density at radius 2 is 1.97 bits per heavy atom. The lowest BCUT2D eigenvalue weighted by atomic mass is 10.1. The summed E-state index contributed by atoms with van der Waals surface area (Å²) in [4.78, 5) is 35.6. The summed E-state index contributed by atoms with van der Waals surface area (Å²) in [7, 11) is 1.32. The number of halogens is 4. The molecule has 0 aliphatic rings. The first-order chi connectivity index (χ1) is 15.6. The highest BCUT2D eigenvalue weighted by Crippen LogP contribution is 2.28. The number of nitrogens with zero attached hydrogens (tertiary/aromatic N) is 2. The number of nitrogens with one attached hydrogen (secondary N) is 2. The molecule has 174 valence electrons. The predicted molar refractivity (Wildman–Crippen MR) is 108 cm³/mol. The SMILES string of the molecule is COC[C@@H](NC(=O)c1cc(=O)[nH]c(-c2cc(C)ccn2)n1)c1ccc(OC(F)(F)F)c(F)c1. The molecule has 12 heteroatoms. The van der Waals surface area contributed by atoms with Gasteiger partial charge in [0.2, 0.25) is 0 Å². The lowest BCUT2D eigenvalue weighted by Gasteiger charge is -2.19. The van der Waals surface area contributed by atoms with Crippen LogP contribution in [0.4, 0.5) is 17.6 Å². The van der Waals surface area contributed by atoms with Crippen molar-refractivity contribution in [1.82, 2.24) is 20.3 Å². The van der Waals surface area contributed by atoms with E-state index in [0.717, 1.165) is 29.8 Å². The van der Waals surface area contributed by atoms with Crippen LogP contribution in [0, 0.1) is 12.7 Å². The quantitative estimate of drug-likeness (QED) is 0.518. The number of carbonyl (C=O) groups excluding carboxylic acids is 1. The number of rotatable bonds is 7. The van der Waals surface area contributed by atoms with Gasteiger partial charge in [0, 0.05) is 19.4 Å². The van der Waals surface area contributed by atoms with Crippen molar-refractivity contribution < 1.29 is 31.8 Å². The van der Waals surface area contributed by atoms with Crippen LogP contribution in [0.1, 0.15) is 27.7 Å². The first-order valence-electron chi connectivity index (χ1n) is 9.45. The lowest BCUT2D eigenvalue weighted by molar-refractivity contribution is -0.275. The topological polar surface area (TPSA) is 106 Å². The Morgan fingerprint density at radius 3 is 2.61 bits per heavy atom. The molecule has 0 aliphatic carbocycles. The van der Waals surface area contributed by atoms with Gasteiger partial charge in [-0.3, -0.25) is 14.6 Å². The van der Waals surface area contributed by atoms with E-state index in [1.54, 1.807) is 12.1 Å². The Kier molecular flexibility index (Phi) is 7.07. The van der Waals surface area contributed by atoms with E-state index in [0.29, 0.717) is 5.69 Å². The van der Waals surface area contributed by atoms with Gasteiger partial charge in [-0.1, -0.05) is 6.07 Å². The van der Waals surface area contributed by atoms with Crippen LogP contribution in [-0.2, 0) is 4.74 Å². The van der Waals surface area contributed by atoms with Crippen LogP contribution < -0.4 is 15.6 Å². The van der Waals surface area contributed by atoms with Gasteiger partial charge < -0.3 is 19.8 Å². The normalized spacial score (nSPS) is 12.3. The summed E-state index contributed by atoms with van der Waals surface area (Å²) in [5, 5.41) is 2.53. The van der Waals surface area contributed by atoms with Crippen molar-refractivity contribution in [3.8, 4) is 17.3 Å². The highest BCUT2D eigenvalue weighted by molar-refractivity contribution is 5.92. The smallest absolute Gasteiger partial charge is 0.403 e. The van der Waals surface area contributed by atoms with Crippen molar-refractivity contribution in [2.45, 2.75) is 19.3 Å². The molecule has 2 N–H and O–H groups in total. The predicted octanol–water partition coefficient (Wildman–Crippen LogP) is 3.30. The molecule has 1 aromatic carbocycles. The van der Waals surface area contributed by atoms with E-state index in [2.05, 4.69) is 25.0 Å². The zero-order chi connectivity index (χ0) is 24.2. The van der Waals surface area contributed by atoms with Crippen molar-refractivity contribution in [3.05, 3.63) is 75.6 Å². The van der Waals surface area contributed by atoms with Gasteiger partial charge >= 0.3 is 6.36 Å². The fourth-order valence-corrected chi connectivity index (χ4v) is 2.92. The molecule has 0 saturated heterocycles. The van der Waals surface area contributed by atoms with Crippen LogP contribution in [0.5, 0.6) is 5.75 Å². The summed E-state index contributed by atoms with van der Waals surface area (Å²) in [6.45, 7) is 1.68. The number of benzene rings is 1. The average molecular weight is 466 g/mol. The van der Waals surface area contributed by atoms with Gasteiger partial charge in [0.1, 0.15) is 11.4 Å². The second-order valence-corrected chi connectivity index (χ2v) is 6.92. The fourth-order valence-electron chi connectivity index (χ4n) is 2.92. The average Bonchev–Trinajstić information content (AvgIpc) is 2.73. The maximum Gasteiger partial charge on any atom is 0.573 e. The molecule has 2 heterocycles. The highest BCUT2D eigenvalue weighted by Gasteiger charge is 2.32. The number of amides is 1. The molecule has 3 rings (SSSR count). The second-order valence-electron chi connectivity index (χ2n) is 6.92. The van der Waals surface area contributed by atoms with Crippen LogP contribution >= 0.6 is 0 Å². The maximum atomic E-state index is 14.1. The molecule has 0 spiro atoms. The summed E-state index contributed by atoms with van der Waals surface area (Å²) in [6, 6.07) is 6.16. The van der Waals surface area contributed by atoms with Crippen molar-refractivity contribution in [2.24, 2.45) is 0 Å². The molecule has 2 aromatic heterocycles. The molecule has 3 aromatic rings. The summed E-state index contributed by atoms with van der Waals surface area (Å²) in [6.07, 6.45) is -3.54. The Bertz CT molecular complexity index is 1210. The number of methoxy groups -OCH3 is 1. The van der Waals surface area contributed by atoms with E-state index in [9.17, 15) is 27.2 Å². The maximum absolute atomic E-state index is 14.1. The number of hydrogen-bond donors (Lipinski definition) is 2. The van der Waals surface area contributed by atoms with Gasteiger partial charge in [0.05, 0.1) is 12.6 Å². The second kappa shape index (κ2) is 9.77. The number of alkyl halides is 3. The summed E-state index contributed by atoms with van der Waals surface area (Å²) in [5.41, 5.74) is 0.477. The van der Waals surface area contributed by atoms with Gasteiger partial charge in [-0.15, -0.1) is 13.2 Å². The van der Waals surface area contributed by atoms with Crippen LogP contribution in [-0.4, -0.2) is 40.9 Å². The van der Waals surface area contributed by atoms with Gasteiger partial charge in [0.15, 0.2) is 17.4 Å². The number of ether oxygens (including phenoxy) is 2. The molecule has 33 heavy (non-hydrogen) atoms. The Morgan fingerprint density at radius 1 is 1.21 bits per heavy atom. The van der Waals surface area contributed by atoms with Crippen molar-refractivity contribution in [2.75, 3.05) is 13.7 Å². The highest BCUT2D eigenvalue weighted by atomic mass is 19.4. The van der Waals surface area contributed by atoms with E-state index in [1.165, 1.54) is 13.3 Å². The molecule has 0 aliphatic heterocycles. The number of aromatic nitrogens is 3. The Balaban J connectivity index is 1.87. The van der Waals surface area contributed by atoms with Gasteiger partial charge in [-0.2, -0.15) is 0 Å². The third-order valence-electron chi connectivity index (χ3n) is 4.36. The zero-order valence-electron chi connectivity index (χ0n) is 17.4. The van der Waals surface area contributed by atoms with Gasteiger partial charge in [-0.05, 0) is 42.3 Å². The molecule has 1 atom stereocenters. The molecule has 1 amide bonds. The third kappa shape index (κ3) is 6.35. The van der Waals surface area contributed by atoms with Crippen molar-refractivity contribution in [1.29, 1.82) is 0 Å². The minimum Gasteiger partial charge on any atom is -0.403 e. The first-order valence-corrected chi connectivity index (χ1v) is 9.45. The summed E-state index contributed by atoms with van der Waals surface area (Å²) >= 11 is 0. The van der Waals surface area contributed by atoms with E-state index in [4.69, 9.17) is 4.74 Å². The minimum atomic E-state index is -5.06. The zero-order valence-corrected chi connectivity index (χ0v) is 17.4. The number of hydrogen-bond acceptors (Lipinski definition) is 6. The monoisotopic (exact) mass is 466 g/mol. The molecule has 0 saturated carbocycles. The van der Waals surface area contributed by atoms with Crippen molar-refractivity contribution >= 4 is 5.91 Å². The standard InChI is InChI=1S/C21H18F4N4O4/c1-11-5-6-26-14(7-11)19-27-15(9-18(30)29-19)20(31)28-16(10-32-2)12-3-4-17(13(22)8-12)33-21(23,24)25/h3-9,16H,10H2,1-2H3,(H,28,31)(H,27,29,30)/t16-/m1/s1. The number of pyridine rings is 1. The van der Waals surface area contributed by atoms with Crippen LogP contribution in [0.15, 0.2) is 47.4 Å². The number of aryl methyl sites for hydroxylation is 1. The first kappa shape index (κ1) is 23.9. The molecule has 8 nitrogen and oxygen atoms in total. The Hall–Kier alpha value is -3.80. The minimum absolute atomic E-state index is 0.0688. The van der Waals surface area contributed by atoms with E-state index < -0.39 is 35.4 Å². The largest absolute Gasteiger partial charge is 0.573 e. The molecular formula is C21H18F4N4O4. The molecule has 0 bridgehead atoms. The number of aromatic amines is 1. The van der Waals surface area contributed by atoms with Crippen molar-refractivity contribution in [3.63, 3.8) is 0 Å². The van der Waals surface area contributed by atoms with E-state index in [1.807, 2.05) is 6.92 Å². The number of carbonyl (C=O) groups is 1. The summed E-state index contributed by atoms with van der Waals surface area (Å²) < 4.78 is 59.9. The van der Waals surface area contributed by atoms with Crippen LogP contribution in [0.2, 0.25) is 0 Å². The fraction of sp³-hybridized carbons (Fsp3) is 0.238.